The first-order valence-electron chi connectivity index (χ1n) is 6.10. The molecule has 2 aliphatic heterocycles. The molecule has 0 aromatic rings. The molecule has 2 fully saturated rings. The average Bonchev–Trinajstić information content (AvgIpc) is 3.17. The van der Waals surface area contributed by atoms with Gasteiger partial charge in [0.1, 0.15) is 12.2 Å². The summed E-state index contributed by atoms with van der Waals surface area (Å²) in [4.78, 5) is 25.6. The number of likely N-dealkylation sites (N-methyl/N-ethyl adjacent to an activating group) is 1. The van der Waals surface area contributed by atoms with Gasteiger partial charge in [0.05, 0.1) is 6.54 Å². The summed E-state index contributed by atoms with van der Waals surface area (Å²) in [6.45, 7) is 8.48. The summed E-state index contributed by atoms with van der Waals surface area (Å²) < 4.78 is 0. The molecule has 6 heteroatoms. The van der Waals surface area contributed by atoms with E-state index in [0.717, 1.165) is 38.5 Å². The molecule has 2 heterocycles. The third-order valence-corrected chi connectivity index (χ3v) is 3.12. The Morgan fingerprint density at radius 2 is 2.17 bits per heavy atom. The molecule has 0 spiro atoms. The summed E-state index contributed by atoms with van der Waals surface area (Å²) in [6.07, 6.45) is 3.48. The van der Waals surface area contributed by atoms with Crippen LogP contribution in [0.5, 0.6) is 0 Å². The van der Waals surface area contributed by atoms with E-state index in [9.17, 15) is 4.79 Å². The van der Waals surface area contributed by atoms with E-state index in [-0.39, 0.29) is 5.91 Å². The maximum atomic E-state index is 11.7. The van der Waals surface area contributed by atoms with Crippen LogP contribution in [0.25, 0.3) is 0 Å². The van der Waals surface area contributed by atoms with E-state index in [2.05, 4.69) is 21.6 Å². The summed E-state index contributed by atoms with van der Waals surface area (Å²) >= 11 is 0. The molecule has 2 rings (SSSR count). The summed E-state index contributed by atoms with van der Waals surface area (Å²) in [5.41, 5.74) is 0. The second kappa shape index (κ2) is 5.77. The molecule has 0 atom stereocenters. The fourth-order valence-electron chi connectivity index (χ4n) is 1.78. The third-order valence-electron chi connectivity index (χ3n) is 3.12. The maximum absolute atomic E-state index is 11.7. The zero-order valence-electron chi connectivity index (χ0n) is 10.7. The molecule has 2 aliphatic rings. The number of rotatable bonds is 5. The van der Waals surface area contributed by atoms with E-state index < -0.39 is 0 Å². The van der Waals surface area contributed by atoms with E-state index in [4.69, 9.17) is 0 Å². The van der Waals surface area contributed by atoms with Crippen molar-refractivity contribution in [3.63, 3.8) is 0 Å². The first-order valence-corrected chi connectivity index (χ1v) is 6.10. The Morgan fingerprint density at radius 1 is 1.39 bits per heavy atom. The van der Waals surface area contributed by atoms with E-state index in [1.807, 2.05) is 18.0 Å². The first kappa shape index (κ1) is 12.8. The van der Waals surface area contributed by atoms with Crippen LogP contribution >= 0.6 is 0 Å². The SMILES string of the molecule is C=NC=N/C(=C\CN1CC1)N1CCN(C)C(=O)C1. The lowest BCUT2D eigenvalue weighted by molar-refractivity contribution is -0.133. The summed E-state index contributed by atoms with van der Waals surface area (Å²) in [5, 5.41) is 0. The van der Waals surface area contributed by atoms with Gasteiger partial charge in [-0.2, -0.15) is 0 Å². The normalized spacial score (nSPS) is 21.8. The second-order valence-corrected chi connectivity index (χ2v) is 4.53. The molecule has 0 radical (unpaired) electrons. The van der Waals surface area contributed by atoms with Crippen LogP contribution < -0.4 is 0 Å². The predicted octanol–water partition coefficient (Wildman–Crippen LogP) is -0.354. The third kappa shape index (κ3) is 3.40. The fourth-order valence-corrected chi connectivity index (χ4v) is 1.78. The highest BCUT2D eigenvalue weighted by Gasteiger charge is 2.23. The van der Waals surface area contributed by atoms with Gasteiger partial charge in [-0.25, -0.2) is 4.99 Å². The van der Waals surface area contributed by atoms with Crippen LogP contribution in [0.2, 0.25) is 0 Å². The molecular formula is C12H19N5O. The van der Waals surface area contributed by atoms with Gasteiger partial charge in [0, 0.05) is 39.8 Å². The minimum atomic E-state index is 0.126. The molecule has 2 saturated heterocycles. The highest BCUT2D eigenvalue weighted by molar-refractivity contribution is 5.79. The van der Waals surface area contributed by atoms with Crippen LogP contribution in [-0.4, -0.2) is 80.0 Å². The molecule has 18 heavy (non-hydrogen) atoms. The Labute approximate surface area is 107 Å². The second-order valence-electron chi connectivity index (χ2n) is 4.53. The Morgan fingerprint density at radius 3 is 2.78 bits per heavy atom. The van der Waals surface area contributed by atoms with Gasteiger partial charge in [0.25, 0.3) is 0 Å². The molecule has 0 bridgehead atoms. The van der Waals surface area contributed by atoms with E-state index >= 15 is 0 Å². The zero-order chi connectivity index (χ0) is 13.0. The summed E-state index contributed by atoms with van der Waals surface area (Å²) in [5.74, 6) is 0.941. The summed E-state index contributed by atoms with van der Waals surface area (Å²) in [6, 6.07) is 0. The van der Waals surface area contributed by atoms with Crippen LogP contribution in [0.3, 0.4) is 0 Å². The van der Waals surface area contributed by atoms with Gasteiger partial charge in [0.2, 0.25) is 5.91 Å². The monoisotopic (exact) mass is 249 g/mol. The molecule has 1 amide bonds. The number of aliphatic imine (C=N–C) groups is 2. The van der Waals surface area contributed by atoms with Gasteiger partial charge in [-0.15, -0.1) is 0 Å². The number of carbonyl (C=O) groups excluding carboxylic acids is 1. The van der Waals surface area contributed by atoms with Crippen LogP contribution in [0.1, 0.15) is 0 Å². The van der Waals surface area contributed by atoms with Crippen molar-refractivity contribution < 1.29 is 4.79 Å². The van der Waals surface area contributed by atoms with Crippen molar-refractivity contribution in [1.29, 1.82) is 0 Å². The smallest absolute Gasteiger partial charge is 0.241 e. The lowest BCUT2D eigenvalue weighted by Gasteiger charge is -2.33. The lowest BCUT2D eigenvalue weighted by atomic mass is 10.3. The fraction of sp³-hybridized carbons (Fsp3) is 0.583. The number of nitrogens with zero attached hydrogens (tertiary/aromatic N) is 5. The van der Waals surface area contributed by atoms with E-state index in [1.54, 1.807) is 4.90 Å². The van der Waals surface area contributed by atoms with Gasteiger partial charge in [0.15, 0.2) is 0 Å². The quantitative estimate of drug-likeness (QED) is 0.380. The minimum absolute atomic E-state index is 0.126. The number of piperazine rings is 1. The molecule has 98 valence electrons. The Kier molecular flexibility index (Phi) is 4.09. The number of hydrogen-bond donors (Lipinski definition) is 0. The molecular weight excluding hydrogens is 230 g/mol. The van der Waals surface area contributed by atoms with Crippen molar-refractivity contribution in [2.24, 2.45) is 9.98 Å². The van der Waals surface area contributed by atoms with E-state index in [0.29, 0.717) is 6.54 Å². The molecule has 0 aromatic carbocycles. The Bertz CT molecular complexity index is 386. The Balaban J connectivity index is 2.02. The van der Waals surface area contributed by atoms with Gasteiger partial charge in [-0.05, 0) is 12.8 Å². The highest BCUT2D eigenvalue weighted by atomic mass is 16.2. The van der Waals surface area contributed by atoms with Crippen molar-refractivity contribution in [2.75, 3.05) is 46.3 Å². The topological polar surface area (TPSA) is 51.3 Å². The van der Waals surface area contributed by atoms with Gasteiger partial charge in [-0.1, -0.05) is 0 Å². The van der Waals surface area contributed by atoms with Crippen LogP contribution in [-0.2, 0) is 4.79 Å². The standard InChI is InChI=1S/C12H19N5O/c1-13-10-14-11(3-4-16-6-7-16)17-8-5-15(2)12(18)9-17/h3,10H,1,4-9H2,2H3/b11-3+,14-10?. The minimum Gasteiger partial charge on any atom is -0.346 e. The molecule has 0 N–H and O–H groups in total. The van der Waals surface area contributed by atoms with Gasteiger partial charge in [-0.3, -0.25) is 14.7 Å². The van der Waals surface area contributed by atoms with Crippen molar-refractivity contribution in [1.82, 2.24) is 14.7 Å². The van der Waals surface area contributed by atoms with Gasteiger partial charge >= 0.3 is 0 Å². The zero-order valence-corrected chi connectivity index (χ0v) is 10.7. The van der Waals surface area contributed by atoms with Crippen molar-refractivity contribution in [3.05, 3.63) is 11.9 Å². The largest absolute Gasteiger partial charge is 0.346 e. The van der Waals surface area contributed by atoms with E-state index in [1.165, 1.54) is 6.34 Å². The first-order chi connectivity index (χ1) is 8.70. The van der Waals surface area contributed by atoms with Crippen LogP contribution in [0, 0.1) is 0 Å². The van der Waals surface area contributed by atoms with Crippen molar-refractivity contribution in [3.8, 4) is 0 Å². The Hall–Kier alpha value is -1.69. The van der Waals surface area contributed by atoms with Crippen molar-refractivity contribution in [2.45, 2.75) is 0 Å². The van der Waals surface area contributed by atoms with Crippen LogP contribution in [0.15, 0.2) is 21.9 Å². The average molecular weight is 249 g/mol. The molecule has 6 nitrogen and oxygen atoms in total. The molecule has 0 aliphatic carbocycles. The number of amides is 1. The van der Waals surface area contributed by atoms with Gasteiger partial charge < -0.3 is 9.80 Å². The molecule has 0 unspecified atom stereocenters. The number of hydrogen-bond acceptors (Lipinski definition) is 4. The number of carbonyl (C=O) groups is 1. The van der Waals surface area contributed by atoms with Crippen LogP contribution in [0.4, 0.5) is 0 Å². The lowest BCUT2D eigenvalue weighted by Crippen LogP contribution is -2.47. The maximum Gasteiger partial charge on any atom is 0.241 e. The predicted molar refractivity (Wildman–Crippen MR) is 71.8 cm³/mol. The molecule has 0 aromatic heterocycles. The van der Waals surface area contributed by atoms with Crippen molar-refractivity contribution >= 4 is 19.0 Å². The highest BCUT2D eigenvalue weighted by Crippen LogP contribution is 2.12. The molecule has 0 saturated carbocycles. The summed E-state index contributed by atoms with van der Waals surface area (Å²) in [7, 11) is 1.83.